The predicted octanol–water partition coefficient (Wildman–Crippen LogP) is 1.56. The third kappa shape index (κ3) is 3.31. The second-order valence-electron chi connectivity index (χ2n) is 4.85. The number of ether oxygens (including phenoxy) is 3. The summed E-state index contributed by atoms with van der Waals surface area (Å²) in [6.07, 6.45) is 1.13. The molecule has 0 bridgehead atoms. The Morgan fingerprint density at radius 2 is 1.90 bits per heavy atom. The molecule has 1 heterocycles. The van der Waals surface area contributed by atoms with E-state index < -0.39 is 23.6 Å². The average Bonchev–Trinajstić information content (AvgIpc) is 2.36. The molecule has 0 radical (unpaired) electrons. The number of cyclic esters (lactones) is 2. The number of hydrogen-bond donors (Lipinski definition) is 1. The number of phenols is 1. The number of phenolic OH excluding ortho intramolecular Hbond substituents is 1. The van der Waals surface area contributed by atoms with Gasteiger partial charge in [0.15, 0.2) is 17.4 Å². The van der Waals surface area contributed by atoms with Crippen LogP contribution in [0, 0.1) is 5.92 Å². The van der Waals surface area contributed by atoms with Gasteiger partial charge in [0, 0.05) is 26.1 Å². The van der Waals surface area contributed by atoms with Crippen molar-refractivity contribution < 1.29 is 28.9 Å². The SMILES string of the molecule is COc1ccc(N=CC2C(=O)OC(C)(C)OC2=O)cc1O. The lowest BCUT2D eigenvalue weighted by atomic mass is 10.1. The molecule has 0 spiro atoms. The van der Waals surface area contributed by atoms with Gasteiger partial charge in [0.05, 0.1) is 12.8 Å². The fraction of sp³-hybridized carbons (Fsp3) is 0.357. The van der Waals surface area contributed by atoms with Crippen molar-refractivity contribution in [3.63, 3.8) is 0 Å². The van der Waals surface area contributed by atoms with Crippen molar-refractivity contribution in [3.05, 3.63) is 18.2 Å². The molecule has 21 heavy (non-hydrogen) atoms. The zero-order chi connectivity index (χ0) is 15.6. The van der Waals surface area contributed by atoms with E-state index >= 15 is 0 Å². The molecule has 1 aromatic rings. The molecule has 0 atom stereocenters. The molecule has 112 valence electrons. The maximum absolute atomic E-state index is 11.7. The van der Waals surface area contributed by atoms with Crippen molar-refractivity contribution in [2.24, 2.45) is 10.9 Å². The molecule has 0 unspecified atom stereocenters. The molecule has 0 aromatic heterocycles. The van der Waals surface area contributed by atoms with E-state index in [1.54, 1.807) is 6.07 Å². The van der Waals surface area contributed by atoms with Gasteiger partial charge in [0.2, 0.25) is 0 Å². The lowest BCUT2D eigenvalue weighted by molar-refractivity contribution is -0.235. The third-order valence-electron chi connectivity index (χ3n) is 2.74. The standard InChI is InChI=1S/C14H15NO6/c1-14(2)20-12(17)9(13(18)21-14)7-15-8-4-5-11(19-3)10(16)6-8/h4-7,9,16H,1-3H3. The molecule has 1 fully saturated rings. The molecule has 0 aliphatic carbocycles. The summed E-state index contributed by atoms with van der Waals surface area (Å²) in [5, 5.41) is 9.62. The van der Waals surface area contributed by atoms with E-state index in [0.717, 1.165) is 6.21 Å². The number of carbonyl (C=O) groups is 2. The molecule has 7 heteroatoms. The summed E-state index contributed by atoms with van der Waals surface area (Å²) < 4.78 is 14.8. The van der Waals surface area contributed by atoms with E-state index in [0.29, 0.717) is 11.4 Å². The van der Waals surface area contributed by atoms with E-state index in [-0.39, 0.29) is 5.75 Å². The van der Waals surface area contributed by atoms with Crippen LogP contribution in [0.15, 0.2) is 23.2 Å². The van der Waals surface area contributed by atoms with Gasteiger partial charge in [-0.15, -0.1) is 0 Å². The Morgan fingerprint density at radius 1 is 1.29 bits per heavy atom. The number of rotatable bonds is 3. The molecule has 2 rings (SSSR count). The van der Waals surface area contributed by atoms with Crippen molar-refractivity contribution in [2.45, 2.75) is 19.6 Å². The Kier molecular flexibility index (Phi) is 3.84. The molecule has 7 nitrogen and oxygen atoms in total. The van der Waals surface area contributed by atoms with Crippen LogP contribution >= 0.6 is 0 Å². The van der Waals surface area contributed by atoms with E-state index in [4.69, 9.17) is 14.2 Å². The molecule has 1 aliphatic heterocycles. The highest BCUT2D eigenvalue weighted by molar-refractivity contribution is 6.10. The molecule has 0 amide bonds. The first-order valence-corrected chi connectivity index (χ1v) is 6.19. The van der Waals surface area contributed by atoms with Crippen LogP contribution in [0.1, 0.15) is 13.8 Å². The normalized spacial score (nSPS) is 18.4. The minimum atomic E-state index is -1.27. The fourth-order valence-electron chi connectivity index (χ4n) is 1.77. The van der Waals surface area contributed by atoms with Crippen LogP contribution in [-0.4, -0.2) is 36.2 Å². The van der Waals surface area contributed by atoms with Gasteiger partial charge >= 0.3 is 11.9 Å². The van der Waals surface area contributed by atoms with Gasteiger partial charge in [-0.2, -0.15) is 0 Å². The Labute approximate surface area is 121 Å². The maximum atomic E-state index is 11.7. The molecular formula is C14H15NO6. The van der Waals surface area contributed by atoms with Crippen molar-refractivity contribution >= 4 is 23.8 Å². The largest absolute Gasteiger partial charge is 0.504 e. The highest BCUT2D eigenvalue weighted by atomic mass is 16.7. The van der Waals surface area contributed by atoms with Crippen LogP contribution < -0.4 is 4.74 Å². The Morgan fingerprint density at radius 3 is 2.43 bits per heavy atom. The quantitative estimate of drug-likeness (QED) is 0.516. The smallest absolute Gasteiger partial charge is 0.329 e. The number of aliphatic imine (C=N–C) groups is 1. The average molecular weight is 293 g/mol. The van der Waals surface area contributed by atoms with E-state index in [1.165, 1.54) is 33.1 Å². The first-order valence-electron chi connectivity index (χ1n) is 6.19. The minimum Gasteiger partial charge on any atom is -0.504 e. The van der Waals surface area contributed by atoms with Crippen LogP contribution in [-0.2, 0) is 19.1 Å². The summed E-state index contributed by atoms with van der Waals surface area (Å²) in [6, 6.07) is 4.43. The zero-order valence-corrected chi connectivity index (χ0v) is 11.8. The molecule has 1 aliphatic rings. The van der Waals surface area contributed by atoms with Gasteiger partial charge in [-0.25, -0.2) is 0 Å². The van der Waals surface area contributed by atoms with E-state index in [2.05, 4.69) is 4.99 Å². The number of benzene rings is 1. The van der Waals surface area contributed by atoms with Gasteiger partial charge in [-0.1, -0.05) is 0 Å². The van der Waals surface area contributed by atoms with Crippen LogP contribution in [0.25, 0.3) is 0 Å². The second kappa shape index (κ2) is 5.43. The topological polar surface area (TPSA) is 94.4 Å². The van der Waals surface area contributed by atoms with Gasteiger partial charge in [-0.3, -0.25) is 14.6 Å². The Hall–Kier alpha value is -2.57. The lowest BCUT2D eigenvalue weighted by Gasteiger charge is -2.31. The van der Waals surface area contributed by atoms with Gasteiger partial charge < -0.3 is 19.3 Å². The molecule has 0 saturated carbocycles. The minimum absolute atomic E-state index is 0.0953. The number of carbonyl (C=O) groups excluding carboxylic acids is 2. The predicted molar refractivity (Wildman–Crippen MR) is 72.6 cm³/mol. The molecular weight excluding hydrogens is 278 g/mol. The molecule has 1 saturated heterocycles. The number of esters is 2. The van der Waals surface area contributed by atoms with Gasteiger partial charge in [-0.05, 0) is 12.1 Å². The summed E-state index contributed by atoms with van der Waals surface area (Å²) in [5.74, 6) is -3.73. The van der Waals surface area contributed by atoms with Crippen LogP contribution in [0.2, 0.25) is 0 Å². The number of aromatic hydroxyl groups is 1. The van der Waals surface area contributed by atoms with Gasteiger partial charge in [0.25, 0.3) is 5.79 Å². The summed E-state index contributed by atoms with van der Waals surface area (Å²) in [7, 11) is 1.42. The van der Waals surface area contributed by atoms with Crippen molar-refractivity contribution in [2.75, 3.05) is 7.11 Å². The lowest BCUT2D eigenvalue weighted by Crippen LogP contribution is -2.46. The van der Waals surface area contributed by atoms with Crippen LogP contribution in [0.3, 0.4) is 0 Å². The van der Waals surface area contributed by atoms with Crippen molar-refractivity contribution in [3.8, 4) is 11.5 Å². The third-order valence-corrected chi connectivity index (χ3v) is 2.74. The summed E-state index contributed by atoms with van der Waals surface area (Å²) in [5.41, 5.74) is 0.360. The van der Waals surface area contributed by atoms with Crippen LogP contribution in [0.5, 0.6) is 11.5 Å². The fourth-order valence-corrected chi connectivity index (χ4v) is 1.77. The Bertz CT molecular complexity index is 587. The Balaban J connectivity index is 2.16. The van der Waals surface area contributed by atoms with Crippen molar-refractivity contribution in [1.29, 1.82) is 0 Å². The number of nitrogens with zero attached hydrogens (tertiary/aromatic N) is 1. The van der Waals surface area contributed by atoms with Gasteiger partial charge in [0.1, 0.15) is 0 Å². The molecule has 1 N–H and O–H groups in total. The van der Waals surface area contributed by atoms with Crippen molar-refractivity contribution in [1.82, 2.24) is 0 Å². The molecule has 1 aromatic carbocycles. The number of methoxy groups -OCH3 is 1. The first kappa shape index (κ1) is 14.8. The highest BCUT2D eigenvalue weighted by Crippen LogP contribution is 2.30. The zero-order valence-electron chi connectivity index (χ0n) is 11.8. The van der Waals surface area contributed by atoms with Crippen LogP contribution in [0.4, 0.5) is 5.69 Å². The highest BCUT2D eigenvalue weighted by Gasteiger charge is 2.42. The monoisotopic (exact) mass is 293 g/mol. The second-order valence-corrected chi connectivity index (χ2v) is 4.85. The summed E-state index contributed by atoms with van der Waals surface area (Å²) in [4.78, 5) is 27.4. The number of hydrogen-bond acceptors (Lipinski definition) is 7. The summed E-state index contributed by atoms with van der Waals surface area (Å²) >= 11 is 0. The van der Waals surface area contributed by atoms with E-state index in [9.17, 15) is 14.7 Å². The maximum Gasteiger partial charge on any atom is 0.329 e. The summed E-state index contributed by atoms with van der Waals surface area (Å²) in [6.45, 7) is 2.94. The first-order chi connectivity index (χ1) is 9.82. The van der Waals surface area contributed by atoms with E-state index in [1.807, 2.05) is 0 Å².